The molecule has 0 radical (unpaired) electrons. The van der Waals surface area contributed by atoms with Crippen molar-refractivity contribution in [2.75, 3.05) is 12.3 Å². The molecule has 1 amide bonds. The summed E-state index contributed by atoms with van der Waals surface area (Å²) in [5.41, 5.74) is 7.11. The first-order valence-corrected chi connectivity index (χ1v) is 4.86. The van der Waals surface area contributed by atoms with Crippen LogP contribution in [0.3, 0.4) is 0 Å². The van der Waals surface area contributed by atoms with Crippen LogP contribution >= 0.6 is 0 Å². The van der Waals surface area contributed by atoms with Crippen molar-refractivity contribution < 1.29 is 9.90 Å². The van der Waals surface area contributed by atoms with Gasteiger partial charge in [-0.05, 0) is 24.6 Å². The van der Waals surface area contributed by atoms with Crippen molar-refractivity contribution in [3.05, 3.63) is 29.8 Å². The van der Waals surface area contributed by atoms with E-state index in [0.717, 1.165) is 5.56 Å². The Morgan fingerprint density at radius 2 is 2.33 bits per heavy atom. The van der Waals surface area contributed by atoms with E-state index in [-0.39, 0.29) is 25.0 Å². The first-order chi connectivity index (χ1) is 7.11. The van der Waals surface area contributed by atoms with Crippen molar-refractivity contribution in [1.82, 2.24) is 5.32 Å². The van der Waals surface area contributed by atoms with Crippen LogP contribution in [-0.2, 0) is 11.2 Å². The molecular weight excluding hydrogens is 192 g/mol. The Kier molecular flexibility index (Phi) is 4.12. The first kappa shape index (κ1) is 11.5. The second-order valence-corrected chi connectivity index (χ2v) is 3.57. The lowest BCUT2D eigenvalue weighted by Gasteiger charge is -2.10. The zero-order chi connectivity index (χ0) is 11.3. The van der Waals surface area contributed by atoms with E-state index in [4.69, 9.17) is 10.8 Å². The minimum Gasteiger partial charge on any atom is -0.399 e. The van der Waals surface area contributed by atoms with Crippen molar-refractivity contribution in [1.29, 1.82) is 0 Å². The molecule has 0 bridgehead atoms. The van der Waals surface area contributed by atoms with E-state index >= 15 is 0 Å². The van der Waals surface area contributed by atoms with Crippen LogP contribution in [0.5, 0.6) is 0 Å². The third-order valence-electron chi connectivity index (χ3n) is 2.00. The summed E-state index contributed by atoms with van der Waals surface area (Å²) < 4.78 is 0. The van der Waals surface area contributed by atoms with Crippen molar-refractivity contribution in [2.45, 2.75) is 19.4 Å². The number of nitrogens with one attached hydrogen (secondary N) is 1. The number of rotatable bonds is 4. The average molecular weight is 208 g/mol. The number of anilines is 1. The minimum atomic E-state index is -0.210. The van der Waals surface area contributed by atoms with Crippen LogP contribution in [-0.4, -0.2) is 23.7 Å². The molecule has 0 spiro atoms. The molecule has 4 heteroatoms. The number of amides is 1. The average Bonchev–Trinajstić information content (AvgIpc) is 2.17. The van der Waals surface area contributed by atoms with Crippen molar-refractivity contribution in [3.8, 4) is 0 Å². The van der Waals surface area contributed by atoms with Gasteiger partial charge in [0.25, 0.3) is 0 Å². The maximum Gasteiger partial charge on any atom is 0.224 e. The van der Waals surface area contributed by atoms with Crippen LogP contribution in [0.2, 0.25) is 0 Å². The molecule has 0 fully saturated rings. The molecule has 1 aromatic rings. The van der Waals surface area contributed by atoms with Crippen LogP contribution in [0.1, 0.15) is 12.5 Å². The van der Waals surface area contributed by atoms with E-state index in [1.54, 1.807) is 19.1 Å². The molecule has 4 nitrogen and oxygen atoms in total. The number of nitrogens with two attached hydrogens (primary N) is 1. The van der Waals surface area contributed by atoms with E-state index in [9.17, 15) is 4.79 Å². The van der Waals surface area contributed by atoms with Gasteiger partial charge in [-0.2, -0.15) is 0 Å². The number of hydrogen-bond acceptors (Lipinski definition) is 3. The summed E-state index contributed by atoms with van der Waals surface area (Å²) in [6.07, 6.45) is 0.287. The molecule has 1 atom stereocenters. The van der Waals surface area contributed by atoms with Gasteiger partial charge in [-0.15, -0.1) is 0 Å². The van der Waals surface area contributed by atoms with Gasteiger partial charge in [0.1, 0.15) is 0 Å². The topological polar surface area (TPSA) is 75.3 Å². The van der Waals surface area contributed by atoms with Gasteiger partial charge in [-0.25, -0.2) is 0 Å². The molecule has 0 aliphatic carbocycles. The Morgan fingerprint density at radius 3 is 2.93 bits per heavy atom. The van der Waals surface area contributed by atoms with Crippen LogP contribution in [0, 0.1) is 0 Å². The molecule has 15 heavy (non-hydrogen) atoms. The van der Waals surface area contributed by atoms with E-state index in [1.165, 1.54) is 0 Å². The highest BCUT2D eigenvalue weighted by atomic mass is 16.3. The first-order valence-electron chi connectivity index (χ1n) is 4.86. The third-order valence-corrected chi connectivity index (χ3v) is 2.00. The number of aliphatic hydroxyl groups excluding tert-OH is 1. The summed E-state index contributed by atoms with van der Waals surface area (Å²) in [6, 6.07) is 6.99. The van der Waals surface area contributed by atoms with Crippen molar-refractivity contribution >= 4 is 11.6 Å². The molecule has 1 rings (SSSR count). The second-order valence-electron chi connectivity index (χ2n) is 3.57. The standard InChI is InChI=1S/C11H16N2O2/c1-8(7-14)13-11(15)6-9-3-2-4-10(12)5-9/h2-5,8,14H,6-7,12H2,1H3,(H,13,15)/t8-/m1/s1. The number of aliphatic hydroxyl groups is 1. The zero-order valence-corrected chi connectivity index (χ0v) is 8.73. The molecule has 82 valence electrons. The number of carbonyl (C=O) groups is 1. The fourth-order valence-corrected chi connectivity index (χ4v) is 1.26. The fraction of sp³-hybridized carbons (Fsp3) is 0.364. The molecule has 0 saturated carbocycles. The number of benzene rings is 1. The number of nitrogen functional groups attached to an aromatic ring is 1. The van der Waals surface area contributed by atoms with Crippen molar-refractivity contribution in [2.24, 2.45) is 0 Å². The van der Waals surface area contributed by atoms with Gasteiger partial charge in [0.05, 0.1) is 13.0 Å². The van der Waals surface area contributed by atoms with Gasteiger partial charge in [0.2, 0.25) is 5.91 Å². The number of hydrogen-bond donors (Lipinski definition) is 3. The summed E-state index contributed by atoms with van der Waals surface area (Å²) in [5.74, 6) is -0.109. The Morgan fingerprint density at radius 1 is 1.60 bits per heavy atom. The molecule has 0 aliphatic rings. The predicted molar refractivity (Wildman–Crippen MR) is 59.2 cm³/mol. The summed E-state index contributed by atoms with van der Waals surface area (Å²) >= 11 is 0. The predicted octanol–water partition coefficient (Wildman–Crippen LogP) is 0.308. The Balaban J connectivity index is 2.51. The van der Waals surface area contributed by atoms with Crippen LogP contribution in [0.15, 0.2) is 24.3 Å². The fourth-order valence-electron chi connectivity index (χ4n) is 1.26. The highest BCUT2D eigenvalue weighted by Gasteiger charge is 2.06. The lowest BCUT2D eigenvalue weighted by Crippen LogP contribution is -2.35. The molecular formula is C11H16N2O2. The largest absolute Gasteiger partial charge is 0.399 e. The van der Waals surface area contributed by atoms with Gasteiger partial charge < -0.3 is 16.2 Å². The van der Waals surface area contributed by atoms with Gasteiger partial charge in [0, 0.05) is 11.7 Å². The maximum atomic E-state index is 11.4. The normalized spacial score (nSPS) is 12.1. The summed E-state index contributed by atoms with van der Waals surface area (Å²) in [7, 11) is 0. The SMILES string of the molecule is C[C@H](CO)NC(=O)Cc1cccc(N)c1. The molecule has 0 unspecified atom stereocenters. The molecule has 0 aliphatic heterocycles. The minimum absolute atomic E-state index is 0.0529. The highest BCUT2D eigenvalue weighted by molar-refractivity contribution is 5.79. The van der Waals surface area contributed by atoms with E-state index in [1.807, 2.05) is 12.1 Å². The Labute approximate surface area is 89.1 Å². The van der Waals surface area contributed by atoms with Gasteiger partial charge in [0.15, 0.2) is 0 Å². The second kappa shape index (κ2) is 5.36. The monoisotopic (exact) mass is 208 g/mol. The lowest BCUT2D eigenvalue weighted by molar-refractivity contribution is -0.121. The smallest absolute Gasteiger partial charge is 0.224 e. The molecule has 0 aromatic heterocycles. The van der Waals surface area contributed by atoms with Crippen molar-refractivity contribution in [3.63, 3.8) is 0 Å². The quantitative estimate of drug-likeness (QED) is 0.623. The Hall–Kier alpha value is -1.55. The summed E-state index contributed by atoms with van der Waals surface area (Å²) in [4.78, 5) is 11.4. The van der Waals surface area contributed by atoms with E-state index in [2.05, 4.69) is 5.32 Å². The van der Waals surface area contributed by atoms with Gasteiger partial charge >= 0.3 is 0 Å². The van der Waals surface area contributed by atoms with Gasteiger partial charge in [-0.3, -0.25) is 4.79 Å². The highest BCUT2D eigenvalue weighted by Crippen LogP contribution is 2.06. The molecule has 4 N–H and O–H groups in total. The summed E-state index contributed by atoms with van der Waals surface area (Å²) in [5, 5.41) is 11.4. The van der Waals surface area contributed by atoms with E-state index in [0.29, 0.717) is 5.69 Å². The maximum absolute atomic E-state index is 11.4. The number of carbonyl (C=O) groups excluding carboxylic acids is 1. The third kappa shape index (κ3) is 3.99. The molecule has 0 heterocycles. The van der Waals surface area contributed by atoms with Crippen LogP contribution in [0.4, 0.5) is 5.69 Å². The molecule has 0 saturated heterocycles. The lowest BCUT2D eigenvalue weighted by atomic mass is 10.1. The van der Waals surface area contributed by atoms with Crippen LogP contribution < -0.4 is 11.1 Å². The van der Waals surface area contributed by atoms with Crippen LogP contribution in [0.25, 0.3) is 0 Å². The summed E-state index contributed by atoms with van der Waals surface area (Å²) in [6.45, 7) is 1.69. The Bertz CT molecular complexity index is 339. The van der Waals surface area contributed by atoms with E-state index < -0.39 is 0 Å². The molecule has 1 aromatic carbocycles. The zero-order valence-electron chi connectivity index (χ0n) is 8.73. The van der Waals surface area contributed by atoms with Gasteiger partial charge in [-0.1, -0.05) is 12.1 Å².